The van der Waals surface area contributed by atoms with Gasteiger partial charge in [-0.1, -0.05) is 6.42 Å². The Morgan fingerprint density at radius 2 is 1.58 bits per heavy atom. The molecule has 1 aromatic carbocycles. The zero-order valence-electron chi connectivity index (χ0n) is 25.0. The Balaban J connectivity index is 1.27. The fourth-order valence-electron chi connectivity index (χ4n) is 6.20. The van der Waals surface area contributed by atoms with Crippen LogP contribution in [0.3, 0.4) is 0 Å². The number of aromatic nitrogens is 2. The molecular weight excluding hydrogens is 561 g/mol. The van der Waals surface area contributed by atoms with Crippen molar-refractivity contribution in [3.05, 3.63) is 41.6 Å². The smallest absolute Gasteiger partial charge is 0.366 e. The first-order valence-electron chi connectivity index (χ1n) is 15.0. The first kappa shape index (κ1) is 31.0. The van der Waals surface area contributed by atoms with Gasteiger partial charge < -0.3 is 30.2 Å². The molecular formula is C30H41F3N8O2. The monoisotopic (exact) mass is 602 g/mol. The largest absolute Gasteiger partial charge is 0.421 e. The van der Waals surface area contributed by atoms with Crippen LogP contribution in [0.1, 0.15) is 48.0 Å². The number of carbonyl (C=O) groups excluding carboxylic acids is 2. The average molecular weight is 603 g/mol. The van der Waals surface area contributed by atoms with Gasteiger partial charge in [-0.05, 0) is 77.1 Å². The third-order valence-corrected chi connectivity index (χ3v) is 9.01. The summed E-state index contributed by atoms with van der Waals surface area (Å²) in [6.45, 7) is 4.69. The minimum absolute atomic E-state index is 0.0137. The topological polar surface area (TPSA) is 96.9 Å². The van der Waals surface area contributed by atoms with E-state index in [2.05, 4.69) is 37.4 Å². The van der Waals surface area contributed by atoms with E-state index in [9.17, 15) is 22.8 Å². The van der Waals surface area contributed by atoms with Crippen LogP contribution in [0.25, 0.3) is 0 Å². The molecule has 2 atom stereocenters. The van der Waals surface area contributed by atoms with Gasteiger partial charge in [0, 0.05) is 62.8 Å². The van der Waals surface area contributed by atoms with Gasteiger partial charge >= 0.3 is 6.18 Å². The van der Waals surface area contributed by atoms with Gasteiger partial charge in [0.15, 0.2) is 0 Å². The number of halogens is 3. The van der Waals surface area contributed by atoms with Crippen molar-refractivity contribution in [2.24, 2.45) is 5.92 Å². The Morgan fingerprint density at radius 1 is 0.930 bits per heavy atom. The molecule has 1 aromatic heterocycles. The van der Waals surface area contributed by atoms with E-state index >= 15 is 0 Å². The van der Waals surface area contributed by atoms with Gasteiger partial charge in [0.05, 0.1) is 5.92 Å². The number of carbonyl (C=O) groups is 2. The molecule has 0 bridgehead atoms. The van der Waals surface area contributed by atoms with Crippen LogP contribution in [-0.2, 0) is 11.0 Å². The summed E-state index contributed by atoms with van der Waals surface area (Å²) in [4.78, 5) is 42.5. The molecule has 0 radical (unpaired) electrons. The van der Waals surface area contributed by atoms with Gasteiger partial charge in [0.2, 0.25) is 11.9 Å². The number of alkyl halides is 3. The van der Waals surface area contributed by atoms with E-state index in [-0.39, 0.29) is 29.6 Å². The number of hydrogen-bond donors (Lipinski definition) is 2. The van der Waals surface area contributed by atoms with Crippen LogP contribution in [0.4, 0.5) is 30.6 Å². The number of benzene rings is 1. The molecule has 43 heavy (non-hydrogen) atoms. The molecule has 3 heterocycles. The lowest BCUT2D eigenvalue weighted by Gasteiger charge is -2.35. The maximum atomic E-state index is 13.9. The van der Waals surface area contributed by atoms with Gasteiger partial charge in [-0.3, -0.25) is 9.59 Å². The number of rotatable bonds is 7. The van der Waals surface area contributed by atoms with Crippen LogP contribution >= 0.6 is 0 Å². The Kier molecular flexibility index (Phi) is 9.40. The quantitative estimate of drug-likeness (QED) is 0.495. The molecule has 13 heteroatoms. The van der Waals surface area contributed by atoms with E-state index in [0.717, 1.165) is 51.6 Å². The number of nitrogens with zero attached hydrogens (tertiary/aromatic N) is 6. The molecule has 1 aliphatic carbocycles. The average Bonchev–Trinajstić information content (AvgIpc) is 3.45. The van der Waals surface area contributed by atoms with E-state index < -0.39 is 23.7 Å². The molecule has 2 saturated heterocycles. The second kappa shape index (κ2) is 13.0. The summed E-state index contributed by atoms with van der Waals surface area (Å²) in [5, 5.41) is 5.93. The zero-order valence-corrected chi connectivity index (χ0v) is 25.0. The standard InChI is InChI=1S/C30H41F3N8O2/c1-38-13-11-22(12-14-38)40(3)27(42)20-7-9-21(10-8-20)35-29-34-19-24(30(31,32)33)26(37-29)36-25-6-4-5-23(25)28(43)41-17-15-39(2)16-18-41/h7-10,19,22-23,25H,4-6,11-18H2,1-3H3,(H2,34,35,36,37)/t23-,25?/m0/s1. The van der Waals surface area contributed by atoms with E-state index in [1.165, 1.54) is 0 Å². The lowest BCUT2D eigenvalue weighted by Crippen LogP contribution is -2.50. The van der Waals surface area contributed by atoms with Crippen molar-refractivity contribution < 1.29 is 22.8 Å². The van der Waals surface area contributed by atoms with Crippen molar-refractivity contribution in [1.82, 2.24) is 29.6 Å². The highest BCUT2D eigenvalue weighted by Crippen LogP contribution is 2.37. The number of nitrogens with one attached hydrogen (secondary N) is 2. The van der Waals surface area contributed by atoms with Crippen LogP contribution in [0.15, 0.2) is 30.5 Å². The number of amides is 2. The number of likely N-dealkylation sites (tertiary alicyclic amines) is 1. The van der Waals surface area contributed by atoms with Gasteiger partial charge in [-0.25, -0.2) is 4.98 Å². The summed E-state index contributed by atoms with van der Waals surface area (Å²) in [6, 6.07) is 6.47. The molecule has 3 fully saturated rings. The SMILES string of the molecule is CN1CCC(N(C)C(=O)c2ccc(Nc3ncc(C(F)(F)F)c(NC4CCC[C@@H]4C(=O)N4CCN(C)CC4)n3)cc2)CC1. The highest BCUT2D eigenvalue weighted by molar-refractivity contribution is 5.94. The highest BCUT2D eigenvalue weighted by Gasteiger charge is 2.40. The Labute approximate surface area is 250 Å². The molecule has 2 aliphatic heterocycles. The minimum atomic E-state index is -4.67. The fraction of sp³-hybridized carbons (Fsp3) is 0.600. The van der Waals surface area contributed by atoms with Crippen LogP contribution in [0.5, 0.6) is 0 Å². The summed E-state index contributed by atoms with van der Waals surface area (Å²) in [6.07, 6.45) is -0.112. The molecule has 1 saturated carbocycles. The first-order valence-corrected chi connectivity index (χ1v) is 15.0. The second-order valence-electron chi connectivity index (χ2n) is 12.0. The molecule has 2 aromatic rings. The Hall–Kier alpha value is -3.45. The first-order chi connectivity index (χ1) is 20.5. The van der Waals surface area contributed by atoms with Gasteiger partial charge in [0.25, 0.3) is 5.91 Å². The zero-order chi connectivity index (χ0) is 30.7. The molecule has 10 nitrogen and oxygen atoms in total. The number of hydrogen-bond acceptors (Lipinski definition) is 8. The fourth-order valence-corrected chi connectivity index (χ4v) is 6.20. The molecule has 1 unspecified atom stereocenters. The maximum absolute atomic E-state index is 13.9. The molecule has 2 amide bonds. The summed E-state index contributed by atoms with van der Waals surface area (Å²) in [5.41, 5.74) is 0.0850. The third-order valence-electron chi connectivity index (χ3n) is 9.01. The summed E-state index contributed by atoms with van der Waals surface area (Å²) in [5.74, 6) is -0.859. The van der Waals surface area contributed by atoms with E-state index in [1.54, 1.807) is 29.2 Å². The van der Waals surface area contributed by atoms with Crippen molar-refractivity contribution in [1.29, 1.82) is 0 Å². The predicted molar refractivity (Wildman–Crippen MR) is 158 cm³/mol. The lowest BCUT2D eigenvalue weighted by atomic mass is 10.0. The molecule has 3 aliphatic rings. The van der Waals surface area contributed by atoms with Crippen LogP contribution in [0, 0.1) is 5.92 Å². The van der Waals surface area contributed by atoms with Crippen molar-refractivity contribution in [3.8, 4) is 0 Å². The van der Waals surface area contributed by atoms with Crippen molar-refractivity contribution in [3.63, 3.8) is 0 Å². The lowest BCUT2D eigenvalue weighted by molar-refractivity contribution is -0.137. The molecule has 234 valence electrons. The summed E-state index contributed by atoms with van der Waals surface area (Å²) in [7, 11) is 5.90. The van der Waals surface area contributed by atoms with Crippen molar-refractivity contribution >= 4 is 29.3 Å². The van der Waals surface area contributed by atoms with Crippen molar-refractivity contribution in [2.45, 2.75) is 50.4 Å². The van der Waals surface area contributed by atoms with Gasteiger partial charge in [-0.2, -0.15) is 18.2 Å². The number of piperidine rings is 1. The van der Waals surface area contributed by atoms with Crippen LogP contribution in [0.2, 0.25) is 0 Å². The number of likely N-dealkylation sites (N-methyl/N-ethyl adjacent to an activating group) is 1. The van der Waals surface area contributed by atoms with E-state index in [1.807, 2.05) is 19.0 Å². The third kappa shape index (κ3) is 7.38. The molecule has 0 spiro atoms. The van der Waals surface area contributed by atoms with Crippen molar-refractivity contribution in [2.75, 3.05) is 71.0 Å². The highest BCUT2D eigenvalue weighted by atomic mass is 19.4. The Bertz CT molecular complexity index is 1280. The normalized spacial score (nSPS) is 22.4. The number of anilines is 3. The van der Waals surface area contributed by atoms with E-state index in [4.69, 9.17) is 0 Å². The van der Waals surface area contributed by atoms with Crippen LogP contribution < -0.4 is 10.6 Å². The second-order valence-corrected chi connectivity index (χ2v) is 12.0. The minimum Gasteiger partial charge on any atom is -0.366 e. The molecule has 5 rings (SSSR count). The maximum Gasteiger partial charge on any atom is 0.421 e. The summed E-state index contributed by atoms with van der Waals surface area (Å²) >= 11 is 0. The van der Waals surface area contributed by atoms with Gasteiger partial charge in [-0.15, -0.1) is 0 Å². The van der Waals surface area contributed by atoms with Crippen LogP contribution in [-0.4, -0.2) is 114 Å². The van der Waals surface area contributed by atoms with Gasteiger partial charge in [0.1, 0.15) is 11.4 Å². The van der Waals surface area contributed by atoms with E-state index in [0.29, 0.717) is 37.2 Å². The summed E-state index contributed by atoms with van der Waals surface area (Å²) < 4.78 is 41.8. The predicted octanol–water partition coefficient (Wildman–Crippen LogP) is 3.76. The number of piperazine rings is 1. The Morgan fingerprint density at radius 3 is 2.23 bits per heavy atom. The molecule has 2 N–H and O–H groups in total.